The van der Waals surface area contributed by atoms with Crippen LogP contribution in [-0.4, -0.2) is 23.6 Å². The third kappa shape index (κ3) is 5.11. The number of benzene rings is 1. The molecule has 2 unspecified atom stereocenters. The Morgan fingerprint density at radius 2 is 1.89 bits per heavy atom. The Morgan fingerprint density at radius 1 is 1.23 bits per heavy atom. The third-order valence-electron chi connectivity index (χ3n) is 5.73. The molecule has 2 aromatic rings. The van der Waals surface area contributed by atoms with Gasteiger partial charge in [-0.2, -0.15) is 13.2 Å². The number of hydrogen-bond acceptors (Lipinski definition) is 5. The molecule has 1 aromatic carbocycles. The minimum absolute atomic E-state index is 0.0920. The van der Waals surface area contributed by atoms with Crippen molar-refractivity contribution in [2.75, 3.05) is 0 Å². The normalized spacial score (nSPS) is 22.3. The second kappa shape index (κ2) is 9.12. The topological polar surface area (TPSA) is 59.9 Å². The van der Waals surface area contributed by atoms with Crippen molar-refractivity contribution in [3.05, 3.63) is 54.9 Å². The van der Waals surface area contributed by atoms with Gasteiger partial charge in [-0.3, -0.25) is 0 Å². The highest BCUT2D eigenvalue weighted by Crippen LogP contribution is 2.51. The van der Waals surface area contributed by atoms with Gasteiger partial charge in [0.15, 0.2) is 5.82 Å². The predicted molar refractivity (Wildman–Crippen MR) is 126 cm³/mol. The van der Waals surface area contributed by atoms with Gasteiger partial charge in [-0.1, -0.05) is 28.4 Å². The van der Waals surface area contributed by atoms with Crippen molar-refractivity contribution in [2.45, 2.75) is 69.9 Å². The number of aryl methyl sites for hydroxylation is 1. The van der Waals surface area contributed by atoms with Crippen LogP contribution in [0.25, 0.3) is 0 Å². The first kappa shape index (κ1) is 26.0. The van der Waals surface area contributed by atoms with E-state index in [1.165, 1.54) is 11.3 Å². The van der Waals surface area contributed by atoms with E-state index in [2.05, 4.69) is 10.5 Å². The molecule has 2 atom stereocenters. The molecule has 0 bridgehead atoms. The molecule has 190 valence electrons. The molecule has 0 fully saturated rings. The summed E-state index contributed by atoms with van der Waals surface area (Å²) in [6.45, 7) is 5.27. The molecule has 1 N–H and O–H groups in total. The summed E-state index contributed by atoms with van der Waals surface area (Å²) in [6.07, 6.45) is -3.89. The van der Waals surface area contributed by atoms with Gasteiger partial charge in [0.1, 0.15) is 11.3 Å². The summed E-state index contributed by atoms with van der Waals surface area (Å²) in [6, 6.07) is 3.12. The van der Waals surface area contributed by atoms with Gasteiger partial charge in [-0.25, -0.2) is 9.18 Å². The van der Waals surface area contributed by atoms with E-state index in [0.29, 0.717) is 11.3 Å². The highest BCUT2D eigenvalue weighted by atomic mass is 35.5. The van der Waals surface area contributed by atoms with Crippen molar-refractivity contribution in [1.82, 2.24) is 5.32 Å². The van der Waals surface area contributed by atoms with E-state index < -0.39 is 51.3 Å². The maximum Gasteiger partial charge on any atom is 0.435 e. The van der Waals surface area contributed by atoms with Gasteiger partial charge < -0.3 is 14.9 Å². The number of alkyl carbamates (subject to hydrolysis) is 1. The molecular weight excluding hydrogens is 531 g/mol. The highest BCUT2D eigenvalue weighted by Gasteiger charge is 2.62. The average molecular weight is 553 g/mol. The smallest absolute Gasteiger partial charge is 0.435 e. The fraction of sp³-hybridized carbons (Fsp3) is 0.478. The zero-order chi connectivity index (χ0) is 25.8. The molecule has 0 saturated heterocycles. The van der Waals surface area contributed by atoms with Crippen LogP contribution in [0.5, 0.6) is 0 Å². The zero-order valence-corrected chi connectivity index (χ0v) is 21.3. The number of carbonyl (C=O) groups is 1. The monoisotopic (exact) mass is 552 g/mol. The van der Waals surface area contributed by atoms with Crippen molar-refractivity contribution in [2.24, 2.45) is 5.16 Å². The average Bonchev–Trinajstić information content (AvgIpc) is 3.35. The van der Waals surface area contributed by atoms with Gasteiger partial charge in [-0.15, -0.1) is 11.3 Å². The number of hydrogen-bond donors (Lipinski definition) is 1. The van der Waals surface area contributed by atoms with Crippen molar-refractivity contribution < 1.29 is 31.9 Å². The third-order valence-corrected chi connectivity index (χ3v) is 7.53. The van der Waals surface area contributed by atoms with Gasteiger partial charge in [0.2, 0.25) is 0 Å². The molecule has 2 heterocycles. The second-order valence-electron chi connectivity index (χ2n) is 9.46. The van der Waals surface area contributed by atoms with Gasteiger partial charge in [0.05, 0.1) is 27.4 Å². The van der Waals surface area contributed by atoms with Crippen LogP contribution in [0.15, 0.2) is 23.4 Å². The number of fused-ring (bicyclic) bond motifs is 1. The number of alkyl halides is 3. The first-order valence-corrected chi connectivity index (χ1v) is 12.4. The van der Waals surface area contributed by atoms with E-state index in [1.807, 2.05) is 0 Å². The Balaban J connectivity index is 1.62. The fourth-order valence-electron chi connectivity index (χ4n) is 4.12. The van der Waals surface area contributed by atoms with Crippen LogP contribution in [-0.2, 0) is 21.6 Å². The number of halogens is 6. The predicted octanol–water partition coefficient (Wildman–Crippen LogP) is 7.68. The van der Waals surface area contributed by atoms with Crippen LogP contribution >= 0.6 is 34.5 Å². The molecule has 1 amide bonds. The minimum atomic E-state index is -4.89. The molecule has 0 radical (unpaired) electrons. The largest absolute Gasteiger partial charge is 0.444 e. The zero-order valence-electron chi connectivity index (χ0n) is 19.0. The number of ether oxygens (including phenoxy) is 1. The van der Waals surface area contributed by atoms with Crippen molar-refractivity contribution in [3.63, 3.8) is 0 Å². The van der Waals surface area contributed by atoms with Gasteiger partial charge >= 0.3 is 12.3 Å². The lowest BCUT2D eigenvalue weighted by atomic mass is 9.87. The quantitative estimate of drug-likeness (QED) is 0.313. The highest BCUT2D eigenvalue weighted by molar-refractivity contribution is 7.14. The number of amides is 1. The summed E-state index contributed by atoms with van der Waals surface area (Å²) in [5.74, 6) is -1.01. The van der Waals surface area contributed by atoms with Gasteiger partial charge in [0.25, 0.3) is 5.60 Å². The molecule has 35 heavy (non-hydrogen) atoms. The Labute approximate surface area is 213 Å². The first-order valence-electron chi connectivity index (χ1n) is 10.8. The molecule has 0 saturated carbocycles. The van der Waals surface area contributed by atoms with Crippen molar-refractivity contribution in [3.8, 4) is 0 Å². The van der Waals surface area contributed by atoms with Gasteiger partial charge in [0, 0.05) is 10.4 Å². The number of nitrogens with zero attached hydrogens (tertiary/aromatic N) is 1. The lowest BCUT2D eigenvalue weighted by Gasteiger charge is -2.29. The van der Waals surface area contributed by atoms with E-state index in [0.717, 1.165) is 35.4 Å². The van der Waals surface area contributed by atoms with E-state index in [-0.39, 0.29) is 11.8 Å². The molecule has 12 heteroatoms. The van der Waals surface area contributed by atoms with E-state index in [4.69, 9.17) is 32.8 Å². The molecule has 1 aliphatic carbocycles. The second-order valence-corrected chi connectivity index (χ2v) is 11.4. The van der Waals surface area contributed by atoms with Crippen LogP contribution in [0.2, 0.25) is 10.0 Å². The molecule has 2 aliphatic rings. The lowest BCUT2D eigenvalue weighted by molar-refractivity contribution is -0.275. The van der Waals surface area contributed by atoms with Crippen LogP contribution < -0.4 is 5.32 Å². The Bertz CT molecular complexity index is 1170. The maximum absolute atomic E-state index is 14.3. The van der Waals surface area contributed by atoms with Crippen molar-refractivity contribution in [1.29, 1.82) is 0 Å². The van der Waals surface area contributed by atoms with E-state index >= 15 is 0 Å². The summed E-state index contributed by atoms with van der Waals surface area (Å²) in [4.78, 5) is 18.8. The molecule has 1 aliphatic heterocycles. The molecule has 4 rings (SSSR count). The summed E-state index contributed by atoms with van der Waals surface area (Å²) < 4.78 is 62.1. The number of nitrogens with one attached hydrogen (secondary N) is 1. The summed E-state index contributed by atoms with van der Waals surface area (Å²) >= 11 is 12.8. The SMILES string of the molecule is CC(C)(C)OC(=O)NC1CCCc2sc(C3=NOC(c4cc(Cl)c(F)c(Cl)c4)(C(F)(F)F)C3)cc21. The van der Waals surface area contributed by atoms with Crippen LogP contribution in [0, 0.1) is 5.82 Å². The van der Waals surface area contributed by atoms with Crippen LogP contribution in [0.4, 0.5) is 22.4 Å². The lowest BCUT2D eigenvalue weighted by Crippen LogP contribution is -2.42. The van der Waals surface area contributed by atoms with Gasteiger partial charge in [-0.05, 0) is 63.8 Å². The molecule has 0 spiro atoms. The molecular formula is C23H22Cl2F4N2O3S. The Kier molecular flexibility index (Phi) is 6.78. The Morgan fingerprint density at radius 3 is 2.49 bits per heavy atom. The number of oxime groups is 1. The summed E-state index contributed by atoms with van der Waals surface area (Å²) in [5.41, 5.74) is -3.05. The van der Waals surface area contributed by atoms with E-state index in [9.17, 15) is 22.4 Å². The first-order chi connectivity index (χ1) is 16.2. The Hall–Kier alpha value is -2.04. The number of thiophene rings is 1. The van der Waals surface area contributed by atoms with E-state index in [1.54, 1.807) is 26.8 Å². The van der Waals surface area contributed by atoms with Crippen LogP contribution in [0.1, 0.15) is 67.0 Å². The fourth-order valence-corrected chi connectivity index (χ4v) is 5.85. The summed E-state index contributed by atoms with van der Waals surface area (Å²) in [7, 11) is 0. The van der Waals surface area contributed by atoms with Crippen LogP contribution in [0.3, 0.4) is 0 Å². The summed E-state index contributed by atoms with van der Waals surface area (Å²) in [5, 5.41) is 5.54. The number of rotatable bonds is 3. The molecule has 1 aromatic heterocycles. The standard InChI is InChI=1S/C23H22Cl2F4N2O3S/c1-21(2,3)33-20(32)30-15-5-4-6-17-12(15)9-18(35-17)16-10-22(34-31-16,23(27,28)29)11-7-13(24)19(26)14(25)8-11/h7-9,15H,4-6,10H2,1-3H3,(H,30,32). The van der Waals surface area contributed by atoms with Crippen molar-refractivity contribution >= 4 is 46.3 Å². The number of carbonyl (C=O) groups excluding carboxylic acids is 1. The molecule has 5 nitrogen and oxygen atoms in total. The maximum atomic E-state index is 14.3. The minimum Gasteiger partial charge on any atom is -0.444 e.